The molecular formula is C18H19ClN2O2. The van der Waals surface area contributed by atoms with Crippen LogP contribution in [0.25, 0.3) is 0 Å². The van der Waals surface area contributed by atoms with Gasteiger partial charge in [0.15, 0.2) is 0 Å². The number of nitrogens with one attached hydrogen (secondary N) is 1. The Kier molecular flexibility index (Phi) is 4.84. The molecule has 1 amide bonds. The zero-order chi connectivity index (χ0) is 16.2. The molecule has 120 valence electrons. The fourth-order valence-corrected chi connectivity index (χ4v) is 3.00. The predicted molar refractivity (Wildman–Crippen MR) is 90.9 cm³/mol. The van der Waals surface area contributed by atoms with Crippen LogP contribution in [0.1, 0.15) is 21.5 Å². The van der Waals surface area contributed by atoms with Crippen molar-refractivity contribution in [1.29, 1.82) is 0 Å². The number of fused-ring (bicyclic) bond motifs is 1. The van der Waals surface area contributed by atoms with Crippen molar-refractivity contribution in [3.05, 3.63) is 64.2 Å². The van der Waals surface area contributed by atoms with Crippen LogP contribution in [0.15, 0.2) is 42.5 Å². The van der Waals surface area contributed by atoms with Gasteiger partial charge in [-0.25, -0.2) is 0 Å². The van der Waals surface area contributed by atoms with Gasteiger partial charge in [-0.05, 0) is 35.7 Å². The van der Waals surface area contributed by atoms with Gasteiger partial charge in [-0.1, -0.05) is 35.9 Å². The number of phenols is 1. The van der Waals surface area contributed by atoms with Crippen LogP contribution < -0.4 is 5.32 Å². The molecule has 2 aromatic carbocycles. The number of benzene rings is 2. The number of carbonyl (C=O) groups excluding carboxylic acids is 1. The van der Waals surface area contributed by atoms with E-state index >= 15 is 0 Å². The lowest BCUT2D eigenvalue weighted by atomic mass is 10.00. The van der Waals surface area contributed by atoms with E-state index in [4.69, 9.17) is 11.6 Å². The molecule has 23 heavy (non-hydrogen) atoms. The second-order valence-electron chi connectivity index (χ2n) is 5.72. The molecule has 4 nitrogen and oxygen atoms in total. The summed E-state index contributed by atoms with van der Waals surface area (Å²) in [6.45, 7) is 3.33. The molecule has 0 saturated heterocycles. The zero-order valence-electron chi connectivity index (χ0n) is 12.8. The van der Waals surface area contributed by atoms with Crippen molar-refractivity contribution in [3.8, 4) is 5.75 Å². The second kappa shape index (κ2) is 7.02. The highest BCUT2D eigenvalue weighted by Crippen LogP contribution is 2.23. The number of hydrogen-bond donors (Lipinski definition) is 2. The summed E-state index contributed by atoms with van der Waals surface area (Å²) in [5, 5.41) is 12.5. The smallest absolute Gasteiger partial charge is 0.251 e. The van der Waals surface area contributed by atoms with E-state index in [1.54, 1.807) is 6.07 Å². The third-order valence-corrected chi connectivity index (χ3v) is 4.44. The normalized spacial score (nSPS) is 14.3. The van der Waals surface area contributed by atoms with Crippen LogP contribution >= 0.6 is 11.6 Å². The fourth-order valence-electron chi connectivity index (χ4n) is 2.82. The van der Waals surface area contributed by atoms with Crippen LogP contribution in [0.3, 0.4) is 0 Å². The van der Waals surface area contributed by atoms with Gasteiger partial charge < -0.3 is 10.4 Å². The van der Waals surface area contributed by atoms with Gasteiger partial charge in [-0.3, -0.25) is 9.69 Å². The summed E-state index contributed by atoms with van der Waals surface area (Å²) in [6, 6.07) is 13.0. The maximum absolute atomic E-state index is 12.1. The van der Waals surface area contributed by atoms with E-state index in [1.807, 2.05) is 0 Å². The molecule has 2 aromatic rings. The second-order valence-corrected chi connectivity index (χ2v) is 6.12. The van der Waals surface area contributed by atoms with Crippen LogP contribution in [0, 0.1) is 0 Å². The Bertz CT molecular complexity index is 718. The van der Waals surface area contributed by atoms with Gasteiger partial charge in [-0.15, -0.1) is 0 Å². The first-order valence-corrected chi connectivity index (χ1v) is 8.07. The molecule has 0 atom stereocenters. The average Bonchev–Trinajstić information content (AvgIpc) is 2.57. The van der Waals surface area contributed by atoms with Gasteiger partial charge in [0, 0.05) is 31.7 Å². The first kappa shape index (κ1) is 15.8. The SMILES string of the molecule is O=C(NCCN1CCc2ccccc2C1)c1ccc(O)c(Cl)c1. The summed E-state index contributed by atoms with van der Waals surface area (Å²) >= 11 is 5.82. The Morgan fingerprint density at radius 2 is 2.00 bits per heavy atom. The quantitative estimate of drug-likeness (QED) is 0.906. The van der Waals surface area contributed by atoms with Crippen molar-refractivity contribution in [3.63, 3.8) is 0 Å². The van der Waals surface area contributed by atoms with Crippen LogP contribution in [-0.4, -0.2) is 35.5 Å². The third kappa shape index (κ3) is 3.84. The van der Waals surface area contributed by atoms with Crippen molar-refractivity contribution in [2.24, 2.45) is 0 Å². The minimum absolute atomic E-state index is 0.0183. The van der Waals surface area contributed by atoms with Crippen molar-refractivity contribution >= 4 is 17.5 Å². The molecule has 0 unspecified atom stereocenters. The Hall–Kier alpha value is -2.04. The molecule has 0 bridgehead atoms. The van der Waals surface area contributed by atoms with Crippen molar-refractivity contribution < 1.29 is 9.90 Å². The number of nitrogens with zero attached hydrogens (tertiary/aromatic N) is 1. The minimum atomic E-state index is -0.177. The summed E-state index contributed by atoms with van der Waals surface area (Å²) in [5.41, 5.74) is 3.25. The molecule has 1 heterocycles. The fraction of sp³-hybridized carbons (Fsp3) is 0.278. The molecule has 0 fully saturated rings. The number of carbonyl (C=O) groups is 1. The molecule has 0 saturated carbocycles. The van der Waals surface area contributed by atoms with Crippen LogP contribution in [0.2, 0.25) is 5.02 Å². The van der Waals surface area contributed by atoms with Crippen molar-refractivity contribution in [2.75, 3.05) is 19.6 Å². The van der Waals surface area contributed by atoms with Gasteiger partial charge >= 0.3 is 0 Å². The third-order valence-electron chi connectivity index (χ3n) is 4.13. The lowest BCUT2D eigenvalue weighted by molar-refractivity contribution is 0.0947. The summed E-state index contributed by atoms with van der Waals surface area (Å²) in [5.74, 6) is -0.195. The molecule has 5 heteroatoms. The van der Waals surface area contributed by atoms with E-state index in [1.165, 1.54) is 23.3 Å². The molecule has 1 aliphatic rings. The van der Waals surface area contributed by atoms with E-state index in [2.05, 4.69) is 34.5 Å². The van der Waals surface area contributed by atoms with Crippen LogP contribution in [0.5, 0.6) is 5.75 Å². The number of aromatic hydroxyl groups is 1. The van der Waals surface area contributed by atoms with Gasteiger partial charge in [0.1, 0.15) is 5.75 Å². The number of hydrogen-bond acceptors (Lipinski definition) is 3. The van der Waals surface area contributed by atoms with Gasteiger partial charge in [-0.2, -0.15) is 0 Å². The molecule has 0 radical (unpaired) electrons. The lowest BCUT2D eigenvalue weighted by Crippen LogP contribution is -2.37. The highest BCUT2D eigenvalue weighted by atomic mass is 35.5. The summed E-state index contributed by atoms with van der Waals surface area (Å²) < 4.78 is 0. The lowest BCUT2D eigenvalue weighted by Gasteiger charge is -2.28. The molecule has 3 rings (SSSR count). The van der Waals surface area contributed by atoms with Crippen LogP contribution in [-0.2, 0) is 13.0 Å². The number of rotatable bonds is 4. The van der Waals surface area contributed by atoms with E-state index in [-0.39, 0.29) is 16.7 Å². The number of phenolic OH excluding ortho intramolecular Hbond substituents is 1. The van der Waals surface area contributed by atoms with E-state index in [0.717, 1.165) is 26.1 Å². The first-order chi connectivity index (χ1) is 11.1. The summed E-state index contributed by atoms with van der Waals surface area (Å²) in [4.78, 5) is 14.4. The standard InChI is InChI=1S/C18H19ClN2O2/c19-16-11-14(5-6-17(16)22)18(23)20-8-10-21-9-7-13-3-1-2-4-15(13)12-21/h1-6,11,22H,7-10,12H2,(H,20,23). The Morgan fingerprint density at radius 1 is 1.22 bits per heavy atom. The summed E-state index contributed by atoms with van der Waals surface area (Å²) in [6.07, 6.45) is 1.05. The van der Waals surface area contributed by atoms with E-state index in [0.29, 0.717) is 12.1 Å². The Morgan fingerprint density at radius 3 is 2.78 bits per heavy atom. The Balaban J connectivity index is 1.50. The number of halogens is 1. The van der Waals surface area contributed by atoms with E-state index in [9.17, 15) is 9.90 Å². The maximum atomic E-state index is 12.1. The van der Waals surface area contributed by atoms with Gasteiger partial charge in [0.05, 0.1) is 5.02 Å². The van der Waals surface area contributed by atoms with Crippen LogP contribution in [0.4, 0.5) is 0 Å². The topological polar surface area (TPSA) is 52.6 Å². The largest absolute Gasteiger partial charge is 0.506 e. The predicted octanol–water partition coefficient (Wildman–Crippen LogP) is 2.83. The summed E-state index contributed by atoms with van der Waals surface area (Å²) in [7, 11) is 0. The first-order valence-electron chi connectivity index (χ1n) is 7.69. The minimum Gasteiger partial charge on any atom is -0.506 e. The Labute approximate surface area is 140 Å². The number of amides is 1. The molecule has 2 N–H and O–H groups in total. The maximum Gasteiger partial charge on any atom is 0.251 e. The molecular weight excluding hydrogens is 312 g/mol. The molecule has 0 aliphatic carbocycles. The van der Waals surface area contributed by atoms with Gasteiger partial charge in [0.25, 0.3) is 5.91 Å². The van der Waals surface area contributed by atoms with Crippen molar-refractivity contribution in [1.82, 2.24) is 10.2 Å². The molecule has 0 aromatic heterocycles. The average molecular weight is 331 g/mol. The van der Waals surface area contributed by atoms with E-state index < -0.39 is 0 Å². The highest BCUT2D eigenvalue weighted by molar-refractivity contribution is 6.32. The van der Waals surface area contributed by atoms with Gasteiger partial charge in [0.2, 0.25) is 0 Å². The van der Waals surface area contributed by atoms with Crippen molar-refractivity contribution in [2.45, 2.75) is 13.0 Å². The zero-order valence-corrected chi connectivity index (χ0v) is 13.5. The molecule has 0 spiro atoms. The highest BCUT2D eigenvalue weighted by Gasteiger charge is 2.15. The monoisotopic (exact) mass is 330 g/mol. The molecule has 1 aliphatic heterocycles.